The Labute approximate surface area is 111 Å². The molecule has 0 aromatic carbocycles. The van der Waals surface area contributed by atoms with E-state index in [0.29, 0.717) is 18.5 Å². The zero-order valence-corrected chi connectivity index (χ0v) is 10.8. The molecule has 0 spiro atoms. The summed E-state index contributed by atoms with van der Waals surface area (Å²) in [7, 11) is 0. The SMILES string of the molecule is C=C(CCC(C)=O)NC1C(O)OC(CO)C(O)C1O. The first-order valence-electron chi connectivity index (χ1n) is 6.11. The number of carbonyl (C=O) groups is 1. The number of hydrogen-bond acceptors (Lipinski definition) is 7. The quantitative estimate of drug-likeness (QED) is 0.390. The third kappa shape index (κ3) is 4.26. The van der Waals surface area contributed by atoms with Gasteiger partial charge in [0.15, 0.2) is 6.29 Å². The molecule has 19 heavy (non-hydrogen) atoms. The van der Waals surface area contributed by atoms with Crippen molar-refractivity contribution in [1.82, 2.24) is 5.32 Å². The van der Waals surface area contributed by atoms with Gasteiger partial charge in [0.2, 0.25) is 0 Å². The van der Waals surface area contributed by atoms with E-state index in [4.69, 9.17) is 9.84 Å². The monoisotopic (exact) mass is 275 g/mol. The maximum absolute atomic E-state index is 10.8. The molecule has 0 saturated carbocycles. The van der Waals surface area contributed by atoms with Crippen LogP contribution in [0.2, 0.25) is 0 Å². The number of rotatable bonds is 6. The Hall–Kier alpha value is -0.990. The topological polar surface area (TPSA) is 119 Å². The number of hydrogen-bond donors (Lipinski definition) is 5. The van der Waals surface area contributed by atoms with Crippen LogP contribution in [0.3, 0.4) is 0 Å². The molecule has 0 aliphatic carbocycles. The number of nitrogens with one attached hydrogen (secondary N) is 1. The van der Waals surface area contributed by atoms with E-state index >= 15 is 0 Å². The minimum absolute atomic E-state index is 0.00400. The van der Waals surface area contributed by atoms with Crippen LogP contribution < -0.4 is 5.32 Å². The average molecular weight is 275 g/mol. The van der Waals surface area contributed by atoms with Gasteiger partial charge in [-0.1, -0.05) is 6.58 Å². The van der Waals surface area contributed by atoms with Crippen LogP contribution in [-0.2, 0) is 9.53 Å². The summed E-state index contributed by atoms with van der Waals surface area (Å²) in [5.74, 6) is 0.00400. The van der Waals surface area contributed by atoms with E-state index < -0.39 is 37.3 Å². The van der Waals surface area contributed by atoms with Gasteiger partial charge in [-0.3, -0.25) is 0 Å². The predicted molar refractivity (Wildman–Crippen MR) is 66.0 cm³/mol. The van der Waals surface area contributed by atoms with Crippen molar-refractivity contribution in [3.05, 3.63) is 12.3 Å². The molecule has 1 saturated heterocycles. The van der Waals surface area contributed by atoms with E-state index in [9.17, 15) is 20.1 Å². The summed E-state index contributed by atoms with van der Waals surface area (Å²) in [6.45, 7) is 4.63. The van der Waals surface area contributed by atoms with Gasteiger partial charge in [0.25, 0.3) is 0 Å². The van der Waals surface area contributed by atoms with E-state index in [0.717, 1.165) is 0 Å². The van der Waals surface area contributed by atoms with Gasteiger partial charge in [0, 0.05) is 12.1 Å². The van der Waals surface area contributed by atoms with Gasteiger partial charge < -0.3 is 35.3 Å². The van der Waals surface area contributed by atoms with Crippen LogP contribution in [-0.4, -0.2) is 63.5 Å². The lowest BCUT2D eigenvalue weighted by atomic mass is 9.96. The molecule has 1 aliphatic heterocycles. The van der Waals surface area contributed by atoms with Crippen molar-refractivity contribution in [3.63, 3.8) is 0 Å². The van der Waals surface area contributed by atoms with Crippen molar-refractivity contribution in [2.75, 3.05) is 6.61 Å². The van der Waals surface area contributed by atoms with E-state index in [1.165, 1.54) is 6.92 Å². The van der Waals surface area contributed by atoms with E-state index in [2.05, 4.69) is 11.9 Å². The molecule has 110 valence electrons. The zero-order chi connectivity index (χ0) is 14.6. The average Bonchev–Trinajstić information content (AvgIpc) is 2.36. The third-order valence-corrected chi connectivity index (χ3v) is 3.05. The van der Waals surface area contributed by atoms with Crippen LogP contribution in [0.1, 0.15) is 19.8 Å². The fourth-order valence-electron chi connectivity index (χ4n) is 1.89. The number of ketones is 1. The Bertz CT molecular complexity index is 334. The largest absolute Gasteiger partial charge is 0.394 e. The van der Waals surface area contributed by atoms with Crippen LogP contribution >= 0.6 is 0 Å². The second kappa shape index (κ2) is 6.97. The maximum Gasteiger partial charge on any atom is 0.178 e. The Balaban J connectivity index is 2.57. The van der Waals surface area contributed by atoms with Crippen molar-refractivity contribution in [3.8, 4) is 0 Å². The molecular formula is C12H21NO6. The maximum atomic E-state index is 10.8. The highest BCUT2D eigenvalue weighted by Crippen LogP contribution is 2.20. The standard InChI is InChI=1S/C12H21NO6/c1-6(3-4-7(2)15)13-9-11(17)10(16)8(5-14)19-12(9)18/h8-14,16-18H,1,3-5H2,2H3. The van der Waals surface area contributed by atoms with E-state index in [1.807, 2.05) is 0 Å². The van der Waals surface area contributed by atoms with Crippen LogP contribution in [0, 0.1) is 0 Å². The van der Waals surface area contributed by atoms with E-state index in [1.54, 1.807) is 0 Å². The number of carbonyl (C=O) groups excluding carboxylic acids is 1. The van der Waals surface area contributed by atoms with Crippen LogP contribution in [0.25, 0.3) is 0 Å². The van der Waals surface area contributed by atoms with Crippen molar-refractivity contribution in [2.45, 2.75) is 50.4 Å². The summed E-state index contributed by atoms with van der Waals surface area (Å²) in [6, 6.07) is -0.961. The summed E-state index contributed by atoms with van der Waals surface area (Å²) in [5, 5.41) is 40.9. The fraction of sp³-hybridized carbons (Fsp3) is 0.750. The molecule has 1 heterocycles. The number of aliphatic hydroxyl groups is 4. The molecule has 1 fully saturated rings. The molecule has 1 rings (SSSR count). The van der Waals surface area contributed by atoms with Gasteiger partial charge in [-0.2, -0.15) is 0 Å². The van der Waals surface area contributed by atoms with Crippen LogP contribution in [0.4, 0.5) is 0 Å². The van der Waals surface area contributed by atoms with Gasteiger partial charge in [-0.05, 0) is 13.3 Å². The normalized spacial score (nSPS) is 34.9. The molecule has 5 N–H and O–H groups in total. The Kier molecular flexibility index (Phi) is 5.89. The highest BCUT2D eigenvalue weighted by Gasteiger charge is 2.43. The lowest BCUT2D eigenvalue weighted by molar-refractivity contribution is -0.253. The van der Waals surface area contributed by atoms with Crippen molar-refractivity contribution in [1.29, 1.82) is 0 Å². The summed E-state index contributed by atoms with van der Waals surface area (Å²) in [5.41, 5.74) is 0.455. The second-order valence-corrected chi connectivity index (χ2v) is 4.70. The lowest BCUT2D eigenvalue weighted by Gasteiger charge is -2.41. The summed E-state index contributed by atoms with van der Waals surface area (Å²) >= 11 is 0. The van der Waals surface area contributed by atoms with Crippen molar-refractivity contribution < 1.29 is 30.0 Å². The summed E-state index contributed by atoms with van der Waals surface area (Å²) < 4.78 is 4.98. The fourth-order valence-corrected chi connectivity index (χ4v) is 1.89. The molecular weight excluding hydrogens is 254 g/mol. The molecule has 0 bridgehead atoms. The van der Waals surface area contributed by atoms with E-state index in [-0.39, 0.29) is 5.78 Å². The molecule has 7 heteroatoms. The Morgan fingerprint density at radius 1 is 1.26 bits per heavy atom. The molecule has 7 nitrogen and oxygen atoms in total. The minimum Gasteiger partial charge on any atom is -0.394 e. The molecule has 5 unspecified atom stereocenters. The highest BCUT2D eigenvalue weighted by molar-refractivity contribution is 5.75. The number of allylic oxidation sites excluding steroid dienone is 1. The van der Waals surface area contributed by atoms with Crippen LogP contribution in [0.5, 0.6) is 0 Å². The number of aliphatic hydroxyl groups excluding tert-OH is 4. The first kappa shape index (κ1) is 16.1. The molecule has 0 aromatic rings. The summed E-state index contributed by atoms with van der Waals surface area (Å²) in [4.78, 5) is 10.8. The smallest absolute Gasteiger partial charge is 0.178 e. The van der Waals surface area contributed by atoms with Gasteiger partial charge >= 0.3 is 0 Å². The first-order valence-corrected chi connectivity index (χ1v) is 6.11. The molecule has 5 atom stereocenters. The van der Waals surface area contributed by atoms with Gasteiger partial charge in [0.1, 0.15) is 30.1 Å². The summed E-state index contributed by atoms with van der Waals surface area (Å²) in [6.07, 6.45) is -4.38. The van der Waals surface area contributed by atoms with Crippen molar-refractivity contribution >= 4 is 5.78 Å². The van der Waals surface area contributed by atoms with Crippen LogP contribution in [0.15, 0.2) is 12.3 Å². The lowest BCUT2D eigenvalue weighted by Crippen LogP contribution is -2.63. The zero-order valence-electron chi connectivity index (χ0n) is 10.8. The minimum atomic E-state index is -1.38. The molecule has 0 aromatic heterocycles. The predicted octanol–water partition coefficient (Wildman–Crippen LogP) is -1.74. The molecule has 1 aliphatic rings. The third-order valence-electron chi connectivity index (χ3n) is 3.05. The molecule has 0 amide bonds. The van der Waals surface area contributed by atoms with Crippen molar-refractivity contribution in [2.24, 2.45) is 0 Å². The van der Waals surface area contributed by atoms with Gasteiger partial charge in [-0.25, -0.2) is 0 Å². The number of ether oxygens (including phenoxy) is 1. The Morgan fingerprint density at radius 3 is 2.42 bits per heavy atom. The second-order valence-electron chi connectivity index (χ2n) is 4.70. The highest BCUT2D eigenvalue weighted by atomic mass is 16.6. The first-order chi connectivity index (χ1) is 8.86. The van der Waals surface area contributed by atoms with Gasteiger partial charge in [0.05, 0.1) is 6.61 Å². The van der Waals surface area contributed by atoms with Gasteiger partial charge in [-0.15, -0.1) is 0 Å². The molecule has 0 radical (unpaired) electrons. The number of Topliss-reactive ketones (excluding diaryl/α,β-unsaturated/α-hetero) is 1. The Morgan fingerprint density at radius 2 is 1.89 bits per heavy atom.